The van der Waals surface area contributed by atoms with Crippen molar-refractivity contribution in [2.24, 2.45) is 0 Å². The monoisotopic (exact) mass is 424 g/mol. The van der Waals surface area contributed by atoms with Crippen molar-refractivity contribution in [1.82, 2.24) is 4.98 Å². The molecular weight excluding hydrogens is 399 g/mol. The molecule has 0 radical (unpaired) electrons. The number of fused-ring (bicyclic) bond motifs is 1. The van der Waals surface area contributed by atoms with Gasteiger partial charge in [0.15, 0.2) is 11.9 Å². The van der Waals surface area contributed by atoms with Crippen molar-refractivity contribution in [3.05, 3.63) is 47.4 Å². The van der Waals surface area contributed by atoms with E-state index in [1.165, 1.54) is 30.2 Å². The van der Waals surface area contributed by atoms with Crippen LogP contribution in [-0.4, -0.2) is 35.4 Å². The van der Waals surface area contributed by atoms with Crippen LogP contribution in [0.4, 0.5) is 10.1 Å². The third-order valence-electron chi connectivity index (χ3n) is 6.38. The van der Waals surface area contributed by atoms with E-state index in [0.717, 1.165) is 12.8 Å². The van der Waals surface area contributed by atoms with Crippen molar-refractivity contribution in [2.45, 2.75) is 63.6 Å². The molecule has 31 heavy (non-hydrogen) atoms. The van der Waals surface area contributed by atoms with Crippen molar-refractivity contribution < 1.29 is 23.5 Å². The van der Waals surface area contributed by atoms with Crippen LogP contribution in [0.3, 0.4) is 0 Å². The van der Waals surface area contributed by atoms with Crippen molar-refractivity contribution in [2.75, 3.05) is 11.4 Å². The lowest BCUT2D eigenvalue weighted by molar-refractivity contribution is -0.122. The molecule has 0 bridgehead atoms. The third kappa shape index (κ3) is 4.01. The van der Waals surface area contributed by atoms with Gasteiger partial charge in [0.1, 0.15) is 17.7 Å². The quantitative estimate of drug-likeness (QED) is 0.718. The Kier molecular flexibility index (Phi) is 5.34. The van der Waals surface area contributed by atoms with Crippen LogP contribution in [0.2, 0.25) is 0 Å². The lowest BCUT2D eigenvalue weighted by Gasteiger charge is -2.22. The normalized spacial score (nSPS) is 21.5. The zero-order valence-corrected chi connectivity index (χ0v) is 17.3. The maximum absolute atomic E-state index is 14.4. The first-order chi connectivity index (χ1) is 15.1. The molecule has 6 nitrogen and oxygen atoms in total. The Morgan fingerprint density at radius 2 is 1.84 bits per heavy atom. The lowest BCUT2D eigenvalue weighted by atomic mass is 9.98. The Balaban J connectivity index is 1.24. The fourth-order valence-electron chi connectivity index (χ4n) is 4.70. The molecule has 1 saturated heterocycles. The number of halogens is 1. The average molecular weight is 424 g/mol. The van der Waals surface area contributed by atoms with E-state index in [4.69, 9.17) is 9.47 Å². The molecule has 5 rings (SSSR count). The minimum Gasteiger partial charge on any atom is -0.479 e. The summed E-state index contributed by atoms with van der Waals surface area (Å²) in [5.41, 5.74) is 1.26. The van der Waals surface area contributed by atoms with Crippen molar-refractivity contribution >= 4 is 17.4 Å². The summed E-state index contributed by atoms with van der Waals surface area (Å²) in [6.45, 7) is 0.409. The molecule has 2 aromatic rings. The van der Waals surface area contributed by atoms with Crippen LogP contribution in [0.25, 0.3) is 0 Å². The van der Waals surface area contributed by atoms with Crippen LogP contribution in [0.1, 0.15) is 60.9 Å². The molecule has 1 amide bonds. The number of ketones is 1. The molecule has 1 atom stereocenters. The second kappa shape index (κ2) is 8.29. The van der Waals surface area contributed by atoms with Crippen molar-refractivity contribution in [1.29, 1.82) is 0 Å². The summed E-state index contributed by atoms with van der Waals surface area (Å²) >= 11 is 0. The van der Waals surface area contributed by atoms with E-state index in [0.29, 0.717) is 54.3 Å². The molecular formula is C24H25FN2O4. The fourth-order valence-corrected chi connectivity index (χ4v) is 4.70. The van der Waals surface area contributed by atoms with Gasteiger partial charge in [-0.15, -0.1) is 0 Å². The van der Waals surface area contributed by atoms with E-state index in [2.05, 4.69) is 4.98 Å². The van der Waals surface area contributed by atoms with Crippen LogP contribution >= 0.6 is 0 Å². The maximum Gasteiger partial charge on any atom is 0.268 e. The van der Waals surface area contributed by atoms with E-state index in [-0.39, 0.29) is 17.8 Å². The number of carbonyl (C=O) groups excluding carboxylic acids is 2. The third-order valence-corrected chi connectivity index (χ3v) is 6.38. The van der Waals surface area contributed by atoms with Crippen LogP contribution in [0, 0.1) is 5.82 Å². The number of pyridine rings is 1. The molecule has 1 aromatic carbocycles. The smallest absolute Gasteiger partial charge is 0.268 e. The van der Waals surface area contributed by atoms with Gasteiger partial charge in [-0.3, -0.25) is 9.59 Å². The molecule has 2 aliphatic carbocycles. The van der Waals surface area contributed by atoms with Gasteiger partial charge in [0.05, 0.1) is 6.20 Å². The molecule has 3 aliphatic rings. The van der Waals surface area contributed by atoms with Gasteiger partial charge < -0.3 is 14.4 Å². The van der Waals surface area contributed by atoms with Gasteiger partial charge in [0.2, 0.25) is 5.88 Å². The number of rotatable bonds is 5. The van der Waals surface area contributed by atoms with Gasteiger partial charge >= 0.3 is 0 Å². The summed E-state index contributed by atoms with van der Waals surface area (Å²) in [5, 5.41) is 0. The number of nitrogens with zero attached hydrogens (tertiary/aromatic N) is 2. The molecule has 7 heteroatoms. The first kappa shape index (κ1) is 20.0. The maximum atomic E-state index is 14.4. The zero-order chi connectivity index (χ0) is 21.4. The first-order valence-electron chi connectivity index (χ1n) is 11.0. The van der Waals surface area contributed by atoms with E-state index in [9.17, 15) is 14.0 Å². The predicted octanol–water partition coefficient (Wildman–Crippen LogP) is 4.25. The average Bonchev–Trinajstić information content (AvgIpc) is 3.33. The summed E-state index contributed by atoms with van der Waals surface area (Å²) < 4.78 is 26.2. The number of hydrogen-bond donors (Lipinski definition) is 0. The highest BCUT2D eigenvalue weighted by molar-refractivity contribution is 6.04. The summed E-state index contributed by atoms with van der Waals surface area (Å²) in [7, 11) is 0. The lowest BCUT2D eigenvalue weighted by Crippen LogP contribution is -2.32. The highest BCUT2D eigenvalue weighted by Crippen LogP contribution is 2.32. The highest BCUT2D eigenvalue weighted by atomic mass is 19.1. The number of aromatic nitrogens is 1. The van der Waals surface area contributed by atoms with Crippen molar-refractivity contribution in [3.8, 4) is 11.6 Å². The SMILES string of the molecule is O=C1CCc2c(F)cc(N3CCC(Oc4ccc(OC5CCCCC5)nc4)C3=O)cc21. The van der Waals surface area contributed by atoms with Crippen molar-refractivity contribution in [3.63, 3.8) is 0 Å². The number of anilines is 1. The standard InChI is InChI=1S/C24H25FN2O4/c25-20-13-15(12-19-18(20)7-8-21(19)28)27-11-10-22(24(27)29)30-17-6-9-23(26-14-17)31-16-4-2-1-3-5-16/h6,9,12-14,16,22H,1-5,7-8,10-11H2. The first-order valence-corrected chi connectivity index (χ1v) is 11.0. The Bertz CT molecular complexity index is 1000. The van der Waals surface area contributed by atoms with Gasteiger partial charge in [-0.05, 0) is 55.9 Å². The second-order valence-electron chi connectivity index (χ2n) is 8.47. The minimum absolute atomic E-state index is 0.0724. The fraction of sp³-hybridized carbons (Fsp3) is 0.458. The number of Topliss-reactive ketones (excluding diaryl/α,β-unsaturated/α-hetero) is 1. The molecule has 1 aromatic heterocycles. The van der Waals surface area contributed by atoms with Gasteiger partial charge in [0.25, 0.3) is 5.91 Å². The Labute approximate surface area is 180 Å². The van der Waals surface area contributed by atoms with Gasteiger partial charge in [-0.1, -0.05) is 6.42 Å². The van der Waals surface area contributed by atoms with Crippen LogP contribution in [0.5, 0.6) is 11.6 Å². The minimum atomic E-state index is -0.668. The summed E-state index contributed by atoms with van der Waals surface area (Å²) in [6.07, 6.45) is 8.10. The number of benzene rings is 1. The molecule has 162 valence electrons. The van der Waals surface area contributed by atoms with E-state index < -0.39 is 11.9 Å². The summed E-state index contributed by atoms with van der Waals surface area (Å²) in [6, 6.07) is 6.50. The molecule has 0 N–H and O–H groups in total. The predicted molar refractivity (Wildman–Crippen MR) is 112 cm³/mol. The van der Waals surface area contributed by atoms with E-state index >= 15 is 0 Å². The van der Waals surface area contributed by atoms with Crippen LogP contribution in [-0.2, 0) is 11.2 Å². The topological polar surface area (TPSA) is 68.7 Å². The Morgan fingerprint density at radius 3 is 2.61 bits per heavy atom. The molecule has 2 heterocycles. The Morgan fingerprint density at radius 1 is 1.00 bits per heavy atom. The molecule has 1 saturated carbocycles. The molecule has 1 unspecified atom stereocenters. The van der Waals surface area contributed by atoms with Gasteiger partial charge in [-0.2, -0.15) is 0 Å². The van der Waals surface area contributed by atoms with Crippen LogP contribution in [0.15, 0.2) is 30.5 Å². The number of carbonyl (C=O) groups is 2. The molecule has 0 spiro atoms. The molecule has 2 fully saturated rings. The van der Waals surface area contributed by atoms with Gasteiger partial charge in [-0.25, -0.2) is 9.37 Å². The second-order valence-corrected chi connectivity index (χ2v) is 8.47. The zero-order valence-electron chi connectivity index (χ0n) is 17.3. The number of ether oxygens (including phenoxy) is 2. The van der Waals surface area contributed by atoms with Crippen LogP contribution < -0.4 is 14.4 Å². The van der Waals surface area contributed by atoms with E-state index in [1.807, 2.05) is 0 Å². The Hall–Kier alpha value is -2.96. The highest BCUT2D eigenvalue weighted by Gasteiger charge is 2.36. The van der Waals surface area contributed by atoms with Gasteiger partial charge in [0, 0.05) is 36.7 Å². The number of amides is 1. The largest absolute Gasteiger partial charge is 0.479 e. The summed E-state index contributed by atoms with van der Waals surface area (Å²) in [5.74, 6) is 0.320. The summed E-state index contributed by atoms with van der Waals surface area (Å²) in [4.78, 5) is 30.7. The van der Waals surface area contributed by atoms with E-state index in [1.54, 1.807) is 24.4 Å². The number of hydrogen-bond acceptors (Lipinski definition) is 5. The molecule has 1 aliphatic heterocycles.